The van der Waals surface area contributed by atoms with Crippen molar-refractivity contribution in [1.29, 1.82) is 0 Å². The minimum atomic E-state index is -2.95. The number of nitrogens with zero attached hydrogens (tertiary/aromatic N) is 1. The molecule has 0 aliphatic rings. The van der Waals surface area contributed by atoms with Crippen molar-refractivity contribution in [3.63, 3.8) is 0 Å². The molecule has 0 saturated heterocycles. The summed E-state index contributed by atoms with van der Waals surface area (Å²) < 4.78 is 21.1. The number of Topliss-reactive ketones (excluding diaryl/α,β-unsaturated/α-hetero) is 1. The molecule has 0 aliphatic carbocycles. The summed E-state index contributed by atoms with van der Waals surface area (Å²) in [6, 6.07) is 14.6. The Labute approximate surface area is 129 Å². The van der Waals surface area contributed by atoms with Crippen molar-refractivity contribution in [2.75, 3.05) is 13.4 Å². The Hall–Kier alpha value is -2.47. The predicted molar refractivity (Wildman–Crippen MR) is 83.5 cm³/mol. The third-order valence-electron chi connectivity index (χ3n) is 2.96. The Bertz CT molecular complexity index is 821. The summed E-state index contributed by atoms with van der Waals surface area (Å²) in [5.41, 5.74) is 0.149. The maximum absolute atomic E-state index is 12.5. The molecule has 0 fully saturated rings. The van der Waals surface area contributed by atoms with Crippen molar-refractivity contribution in [2.45, 2.75) is 4.90 Å². The van der Waals surface area contributed by atoms with Crippen molar-refractivity contribution >= 4 is 21.4 Å². The number of ketones is 1. The lowest BCUT2D eigenvalue weighted by Gasteiger charge is -2.04. The Morgan fingerprint density at radius 3 is 2.36 bits per heavy atom. The van der Waals surface area contributed by atoms with E-state index >= 15 is 0 Å². The minimum Gasteiger partial charge on any atom is -0.497 e. The Morgan fingerprint density at radius 1 is 1.05 bits per heavy atom. The number of ether oxygens (including phenoxy) is 1. The van der Waals surface area contributed by atoms with Crippen LogP contribution in [-0.2, 0) is 14.5 Å². The van der Waals surface area contributed by atoms with E-state index in [0.29, 0.717) is 10.6 Å². The van der Waals surface area contributed by atoms with E-state index in [1.165, 1.54) is 25.5 Å². The van der Waals surface area contributed by atoms with Crippen LogP contribution in [0.15, 0.2) is 63.9 Å². The average molecular weight is 317 g/mol. The molecular formula is C16H15NO4S. The van der Waals surface area contributed by atoms with Gasteiger partial charge in [0.15, 0.2) is 0 Å². The second kappa shape index (κ2) is 6.53. The monoisotopic (exact) mass is 317 g/mol. The van der Waals surface area contributed by atoms with E-state index in [1.54, 1.807) is 42.5 Å². The number of methoxy groups -OCH3 is 1. The van der Waals surface area contributed by atoms with Gasteiger partial charge >= 0.3 is 5.91 Å². The molecule has 22 heavy (non-hydrogen) atoms. The number of hydrogen-bond donors (Lipinski definition) is 0. The molecule has 6 heteroatoms. The smallest absolute Gasteiger partial charge is 0.326 e. The molecule has 0 aromatic heterocycles. The molecule has 0 spiro atoms. The molecular weight excluding hydrogens is 302 g/mol. The number of carbonyl (C=O) groups is 2. The van der Waals surface area contributed by atoms with Gasteiger partial charge in [0.05, 0.1) is 16.8 Å². The van der Waals surface area contributed by atoms with Crippen LogP contribution in [0.3, 0.4) is 0 Å². The zero-order chi connectivity index (χ0) is 16.2. The van der Waals surface area contributed by atoms with Crippen LogP contribution >= 0.6 is 0 Å². The molecule has 1 amide bonds. The number of amides is 1. The Kier molecular flexibility index (Phi) is 4.72. The van der Waals surface area contributed by atoms with Crippen LogP contribution in [0.5, 0.6) is 5.75 Å². The number of hydrogen-bond acceptors (Lipinski definition) is 4. The highest BCUT2D eigenvalue weighted by Crippen LogP contribution is 2.15. The van der Waals surface area contributed by atoms with Crippen LogP contribution in [0.25, 0.3) is 0 Å². The molecule has 0 heterocycles. The third kappa shape index (κ3) is 3.59. The highest BCUT2D eigenvalue weighted by Gasteiger charge is 2.19. The normalized spacial score (nSPS) is 13.0. The van der Waals surface area contributed by atoms with Gasteiger partial charge in [-0.1, -0.05) is 30.3 Å². The van der Waals surface area contributed by atoms with Crippen LogP contribution < -0.4 is 4.74 Å². The summed E-state index contributed by atoms with van der Waals surface area (Å²) in [5, 5.41) is 0. The molecule has 0 radical (unpaired) electrons. The highest BCUT2D eigenvalue weighted by atomic mass is 32.2. The zero-order valence-electron chi connectivity index (χ0n) is 12.2. The molecule has 5 nitrogen and oxygen atoms in total. The summed E-state index contributed by atoms with van der Waals surface area (Å²) in [5.74, 6) is -1.40. The first kappa shape index (κ1) is 15.9. The van der Waals surface area contributed by atoms with Crippen molar-refractivity contribution in [3.05, 3.63) is 60.2 Å². The van der Waals surface area contributed by atoms with Crippen molar-refractivity contribution in [1.82, 2.24) is 0 Å². The van der Waals surface area contributed by atoms with Gasteiger partial charge in [-0.3, -0.25) is 9.59 Å². The van der Waals surface area contributed by atoms with Gasteiger partial charge in [0.2, 0.25) is 0 Å². The largest absolute Gasteiger partial charge is 0.497 e. The predicted octanol–water partition coefficient (Wildman–Crippen LogP) is 2.56. The first-order chi connectivity index (χ1) is 10.4. The van der Waals surface area contributed by atoms with E-state index in [-0.39, 0.29) is 5.56 Å². The van der Waals surface area contributed by atoms with E-state index in [2.05, 4.69) is 4.36 Å². The Morgan fingerprint density at radius 2 is 1.73 bits per heavy atom. The van der Waals surface area contributed by atoms with Gasteiger partial charge in [0, 0.05) is 16.7 Å². The van der Waals surface area contributed by atoms with Gasteiger partial charge < -0.3 is 4.74 Å². The lowest BCUT2D eigenvalue weighted by molar-refractivity contribution is -0.113. The van der Waals surface area contributed by atoms with E-state index in [0.717, 1.165) is 0 Å². The SMILES string of the molecule is COc1cccc(C(=O)C(=O)N=S(C)(=O)c2ccccc2)c1. The highest BCUT2D eigenvalue weighted by molar-refractivity contribution is 7.93. The first-order valence-corrected chi connectivity index (χ1v) is 8.36. The first-order valence-electron chi connectivity index (χ1n) is 6.44. The van der Waals surface area contributed by atoms with Gasteiger partial charge in [-0.15, -0.1) is 0 Å². The molecule has 0 aliphatic heterocycles. The molecule has 0 N–H and O–H groups in total. The van der Waals surface area contributed by atoms with Crippen molar-refractivity contribution < 1.29 is 18.5 Å². The standard InChI is InChI=1S/C16H15NO4S/c1-21-13-8-6-7-12(11-13)15(18)16(19)17-22(2,20)14-9-4-3-5-10-14/h3-11H,1-2H3. The molecule has 114 valence electrons. The lowest BCUT2D eigenvalue weighted by Crippen LogP contribution is -2.14. The van der Waals surface area contributed by atoms with Gasteiger partial charge in [0.25, 0.3) is 5.78 Å². The average Bonchev–Trinajstić information content (AvgIpc) is 2.54. The summed E-state index contributed by atoms with van der Waals surface area (Å²) >= 11 is 0. The van der Waals surface area contributed by atoms with Crippen LogP contribution in [0.4, 0.5) is 0 Å². The van der Waals surface area contributed by atoms with Crippen LogP contribution in [0.2, 0.25) is 0 Å². The molecule has 2 rings (SSSR count). The van der Waals surface area contributed by atoms with E-state index < -0.39 is 21.4 Å². The second-order valence-corrected chi connectivity index (χ2v) is 6.83. The van der Waals surface area contributed by atoms with Crippen molar-refractivity contribution in [3.8, 4) is 5.75 Å². The molecule has 2 aromatic rings. The fraction of sp³-hybridized carbons (Fsp3) is 0.125. The van der Waals surface area contributed by atoms with Gasteiger partial charge in [-0.25, -0.2) is 4.21 Å². The quantitative estimate of drug-likeness (QED) is 0.642. The minimum absolute atomic E-state index is 0.149. The fourth-order valence-electron chi connectivity index (χ4n) is 1.81. The molecule has 1 atom stereocenters. The maximum atomic E-state index is 12.5. The maximum Gasteiger partial charge on any atom is 0.326 e. The lowest BCUT2D eigenvalue weighted by atomic mass is 10.1. The van der Waals surface area contributed by atoms with E-state index in [9.17, 15) is 13.8 Å². The number of rotatable bonds is 4. The topological polar surface area (TPSA) is 72.8 Å². The second-order valence-electron chi connectivity index (χ2n) is 4.57. The molecule has 0 saturated carbocycles. The zero-order valence-corrected chi connectivity index (χ0v) is 13.0. The van der Waals surface area contributed by atoms with Gasteiger partial charge in [-0.2, -0.15) is 4.36 Å². The van der Waals surface area contributed by atoms with Gasteiger partial charge in [0.1, 0.15) is 5.75 Å². The number of carbonyl (C=O) groups excluding carboxylic acids is 2. The summed E-state index contributed by atoms with van der Waals surface area (Å²) in [4.78, 5) is 24.5. The fourth-order valence-corrected chi connectivity index (χ4v) is 2.98. The number of benzene rings is 2. The molecule has 0 bridgehead atoms. The third-order valence-corrected chi connectivity index (χ3v) is 4.62. The Balaban J connectivity index is 2.33. The van der Waals surface area contributed by atoms with Crippen LogP contribution in [0, 0.1) is 0 Å². The summed E-state index contributed by atoms with van der Waals surface area (Å²) in [7, 11) is -1.49. The molecule has 2 aromatic carbocycles. The van der Waals surface area contributed by atoms with Crippen LogP contribution in [-0.4, -0.2) is 29.3 Å². The van der Waals surface area contributed by atoms with Crippen LogP contribution in [0.1, 0.15) is 10.4 Å². The van der Waals surface area contributed by atoms with Crippen molar-refractivity contribution in [2.24, 2.45) is 4.36 Å². The van der Waals surface area contributed by atoms with E-state index in [4.69, 9.17) is 4.74 Å². The van der Waals surface area contributed by atoms with E-state index in [1.807, 2.05) is 0 Å². The summed E-state index contributed by atoms with van der Waals surface area (Å²) in [6.45, 7) is 0. The van der Waals surface area contributed by atoms with Gasteiger partial charge in [-0.05, 0) is 24.3 Å². The summed E-state index contributed by atoms with van der Waals surface area (Å²) in [6.07, 6.45) is 1.33. The molecule has 1 unspecified atom stereocenters.